The molecule has 2 fully saturated rings. The molecule has 2 atom stereocenters. The Morgan fingerprint density at radius 1 is 1.45 bits per heavy atom. The molecule has 0 radical (unpaired) electrons. The first-order chi connectivity index (χ1) is 10.4. The molecule has 0 aromatic heterocycles. The van der Waals surface area contributed by atoms with Crippen molar-refractivity contribution in [3.8, 4) is 5.75 Å². The molecule has 0 aliphatic heterocycles. The van der Waals surface area contributed by atoms with Crippen LogP contribution in [0, 0.1) is 16.7 Å². The van der Waals surface area contributed by atoms with Gasteiger partial charge in [-0.05, 0) is 42.7 Å². The maximum absolute atomic E-state index is 12.7. The zero-order valence-electron chi connectivity index (χ0n) is 13.1. The van der Waals surface area contributed by atoms with E-state index in [1.807, 2.05) is 6.07 Å². The van der Waals surface area contributed by atoms with Gasteiger partial charge in [-0.15, -0.1) is 0 Å². The summed E-state index contributed by atoms with van der Waals surface area (Å²) in [5.41, 5.74) is 3.81. The van der Waals surface area contributed by atoms with Gasteiger partial charge in [0.1, 0.15) is 5.75 Å². The van der Waals surface area contributed by atoms with Gasteiger partial charge < -0.3 is 5.11 Å². The third-order valence-corrected chi connectivity index (χ3v) is 5.63. The largest absolute Gasteiger partial charge is 0.507 e. The number of hydrogen-bond acceptors (Lipinski definition) is 3. The number of carbonyl (C=O) groups is 1. The molecule has 1 aromatic carbocycles. The highest BCUT2D eigenvalue weighted by Crippen LogP contribution is 2.65. The molecular formula is C18H22N2O2. The van der Waals surface area contributed by atoms with E-state index >= 15 is 0 Å². The lowest BCUT2D eigenvalue weighted by Crippen LogP contribution is -2.39. The summed E-state index contributed by atoms with van der Waals surface area (Å²) in [6, 6.07) is 6.88. The fourth-order valence-corrected chi connectivity index (χ4v) is 4.01. The Kier molecular flexibility index (Phi) is 3.35. The second-order valence-corrected chi connectivity index (χ2v) is 6.98. The Morgan fingerprint density at radius 3 is 2.82 bits per heavy atom. The summed E-state index contributed by atoms with van der Waals surface area (Å²) in [5, 5.41) is 13.7. The van der Waals surface area contributed by atoms with Crippen LogP contribution in [0.25, 0.3) is 0 Å². The van der Waals surface area contributed by atoms with Crippen LogP contribution < -0.4 is 5.43 Å². The third kappa shape index (κ3) is 2.05. The van der Waals surface area contributed by atoms with E-state index in [0.717, 1.165) is 24.8 Å². The van der Waals surface area contributed by atoms with Gasteiger partial charge in [-0.1, -0.05) is 38.1 Å². The number of hydrogen-bond donors (Lipinski definition) is 2. The molecule has 0 heterocycles. The van der Waals surface area contributed by atoms with E-state index in [9.17, 15) is 9.90 Å². The van der Waals surface area contributed by atoms with Crippen molar-refractivity contribution in [2.75, 3.05) is 0 Å². The van der Waals surface area contributed by atoms with Crippen LogP contribution in [0.5, 0.6) is 5.75 Å². The van der Waals surface area contributed by atoms with Gasteiger partial charge >= 0.3 is 0 Å². The van der Waals surface area contributed by atoms with Crippen LogP contribution in [0.15, 0.2) is 41.5 Å². The van der Waals surface area contributed by atoms with Crippen LogP contribution in [0.4, 0.5) is 0 Å². The predicted octanol–water partition coefficient (Wildman–Crippen LogP) is 3.22. The van der Waals surface area contributed by atoms with Crippen LogP contribution in [0.1, 0.15) is 38.7 Å². The van der Waals surface area contributed by atoms with E-state index in [2.05, 4.69) is 31.0 Å². The second kappa shape index (κ2) is 4.97. The number of hydrazone groups is 1. The van der Waals surface area contributed by atoms with Crippen LogP contribution in [-0.2, 0) is 4.79 Å². The molecule has 4 nitrogen and oxygen atoms in total. The molecule has 2 N–H and O–H groups in total. The Bertz CT molecular complexity index is 663. The minimum absolute atomic E-state index is 0.0248. The fraction of sp³-hybridized carbons (Fsp3) is 0.444. The highest BCUT2D eigenvalue weighted by atomic mass is 16.3. The first kappa shape index (κ1) is 14.8. The number of carbonyl (C=O) groups excluding carboxylic acids is 1. The summed E-state index contributed by atoms with van der Waals surface area (Å²) in [5.74, 6) is 0.608. The summed E-state index contributed by atoms with van der Waals surface area (Å²) >= 11 is 0. The number of fused-ring (bicyclic) bond motifs is 2. The number of para-hydroxylation sites is 1. The van der Waals surface area contributed by atoms with Crippen molar-refractivity contribution < 1.29 is 9.90 Å². The van der Waals surface area contributed by atoms with Crippen molar-refractivity contribution in [3.63, 3.8) is 0 Å². The van der Waals surface area contributed by atoms with Gasteiger partial charge in [0.2, 0.25) is 5.91 Å². The number of rotatable bonds is 3. The van der Waals surface area contributed by atoms with E-state index in [-0.39, 0.29) is 17.1 Å². The number of amides is 1. The first-order valence-corrected chi connectivity index (χ1v) is 7.69. The molecule has 0 saturated heterocycles. The van der Waals surface area contributed by atoms with Crippen molar-refractivity contribution in [1.29, 1.82) is 0 Å². The Hall–Kier alpha value is -2.10. The zero-order valence-corrected chi connectivity index (χ0v) is 13.1. The molecule has 4 heteroatoms. The monoisotopic (exact) mass is 298 g/mol. The molecule has 2 aliphatic carbocycles. The van der Waals surface area contributed by atoms with Crippen LogP contribution in [0.3, 0.4) is 0 Å². The quantitative estimate of drug-likeness (QED) is 0.511. The predicted molar refractivity (Wildman–Crippen MR) is 86.5 cm³/mol. The number of nitrogens with one attached hydrogen (secondary N) is 1. The minimum atomic E-state index is -0.468. The Balaban J connectivity index is 1.73. The second-order valence-electron chi connectivity index (χ2n) is 6.98. The molecule has 22 heavy (non-hydrogen) atoms. The summed E-state index contributed by atoms with van der Waals surface area (Å²) in [4.78, 5) is 12.7. The van der Waals surface area contributed by atoms with Gasteiger partial charge in [0.05, 0.1) is 11.6 Å². The summed E-state index contributed by atoms with van der Waals surface area (Å²) in [6.45, 7) is 8.57. The van der Waals surface area contributed by atoms with Crippen molar-refractivity contribution in [2.24, 2.45) is 21.8 Å². The smallest absolute Gasteiger partial charge is 0.250 e. The van der Waals surface area contributed by atoms with Gasteiger partial charge in [0.25, 0.3) is 0 Å². The van der Waals surface area contributed by atoms with Crippen molar-refractivity contribution in [3.05, 3.63) is 42.0 Å². The van der Waals surface area contributed by atoms with E-state index in [1.54, 1.807) is 18.2 Å². The molecule has 1 aromatic rings. The van der Waals surface area contributed by atoms with Gasteiger partial charge in [0, 0.05) is 5.56 Å². The highest BCUT2D eigenvalue weighted by Gasteiger charge is 2.60. The minimum Gasteiger partial charge on any atom is -0.507 e. The first-order valence-electron chi connectivity index (χ1n) is 7.69. The lowest BCUT2D eigenvalue weighted by atomic mass is 9.68. The Labute approximate surface area is 130 Å². The number of benzene rings is 1. The molecule has 116 valence electrons. The highest BCUT2D eigenvalue weighted by molar-refractivity contribution is 5.89. The van der Waals surface area contributed by atoms with Crippen molar-refractivity contribution in [1.82, 2.24) is 5.43 Å². The maximum Gasteiger partial charge on any atom is 0.250 e. The summed E-state index contributed by atoms with van der Waals surface area (Å²) in [7, 11) is 0. The van der Waals surface area contributed by atoms with Gasteiger partial charge in [-0.25, -0.2) is 5.43 Å². The number of phenolic OH excluding ortho intramolecular Hbond substituents is 1. The normalized spacial score (nSPS) is 29.2. The zero-order chi connectivity index (χ0) is 16.0. The number of phenols is 1. The van der Waals surface area contributed by atoms with Crippen molar-refractivity contribution >= 4 is 12.1 Å². The lowest BCUT2D eigenvalue weighted by Gasteiger charge is -2.36. The summed E-state index contributed by atoms with van der Waals surface area (Å²) < 4.78 is 0. The lowest BCUT2D eigenvalue weighted by molar-refractivity contribution is -0.128. The average Bonchev–Trinajstić information content (AvgIpc) is 3.01. The molecule has 2 bridgehead atoms. The van der Waals surface area contributed by atoms with E-state index in [1.165, 1.54) is 6.21 Å². The van der Waals surface area contributed by atoms with Crippen LogP contribution in [0.2, 0.25) is 0 Å². The molecule has 3 rings (SSSR count). The standard InChI is InChI=1S/C18H22N2O2/c1-12-17(2,3)14-8-9-18(12,10-14)16(22)20-19-11-13-6-4-5-7-15(13)21/h4-7,11,14,21H,1,8-10H2,2-3H3,(H,20,22)/b19-11+/t14-,18-/m0/s1. The third-order valence-electron chi connectivity index (χ3n) is 5.63. The van der Waals surface area contributed by atoms with E-state index < -0.39 is 5.41 Å². The Morgan fingerprint density at radius 2 is 2.18 bits per heavy atom. The summed E-state index contributed by atoms with van der Waals surface area (Å²) in [6.07, 6.45) is 4.27. The molecule has 1 amide bonds. The van der Waals surface area contributed by atoms with Gasteiger partial charge in [0.15, 0.2) is 0 Å². The molecule has 0 spiro atoms. The van der Waals surface area contributed by atoms with Crippen LogP contribution in [-0.4, -0.2) is 17.2 Å². The molecule has 0 unspecified atom stereocenters. The molecular weight excluding hydrogens is 276 g/mol. The maximum atomic E-state index is 12.7. The van der Waals surface area contributed by atoms with E-state index in [0.29, 0.717) is 11.5 Å². The topological polar surface area (TPSA) is 61.7 Å². The molecule has 2 saturated carbocycles. The molecule has 2 aliphatic rings. The SMILES string of the molecule is C=C1C(C)(C)[C@H]2CC[C@]1(C(=O)N/N=C/c1ccccc1O)C2. The van der Waals surface area contributed by atoms with Crippen molar-refractivity contribution in [2.45, 2.75) is 33.1 Å². The fourth-order valence-electron chi connectivity index (χ4n) is 4.01. The van der Waals surface area contributed by atoms with Gasteiger partial charge in [-0.2, -0.15) is 5.10 Å². The number of aromatic hydroxyl groups is 1. The average molecular weight is 298 g/mol. The number of nitrogens with zero attached hydrogens (tertiary/aromatic N) is 1. The van der Waals surface area contributed by atoms with E-state index in [4.69, 9.17) is 0 Å². The van der Waals surface area contributed by atoms with Gasteiger partial charge in [-0.3, -0.25) is 4.79 Å². The van der Waals surface area contributed by atoms with Crippen LogP contribution >= 0.6 is 0 Å².